The lowest BCUT2D eigenvalue weighted by Crippen LogP contribution is -2.39. The van der Waals surface area contributed by atoms with E-state index in [1.54, 1.807) is 14.2 Å². The number of ether oxygens (including phenoxy) is 2. The molecule has 0 saturated heterocycles. The third-order valence-corrected chi connectivity index (χ3v) is 2.94. The van der Waals surface area contributed by atoms with Gasteiger partial charge in [-0.2, -0.15) is 0 Å². The third-order valence-electron chi connectivity index (χ3n) is 2.94. The molecule has 0 spiro atoms. The molecule has 0 amide bonds. The predicted molar refractivity (Wildman–Crippen MR) is 86.6 cm³/mol. The van der Waals surface area contributed by atoms with E-state index in [0.29, 0.717) is 13.2 Å². The first-order valence-electron chi connectivity index (χ1n) is 7.42. The Labute approximate surface area is 127 Å². The number of benzene rings is 1. The SMILES string of the molecule is CN=C(NCCCCOCc1ccccc1)NCCOC. The van der Waals surface area contributed by atoms with Crippen molar-refractivity contribution in [3.63, 3.8) is 0 Å². The average Bonchev–Trinajstić information content (AvgIpc) is 2.53. The van der Waals surface area contributed by atoms with E-state index < -0.39 is 0 Å². The van der Waals surface area contributed by atoms with Gasteiger partial charge in [0.05, 0.1) is 13.2 Å². The molecule has 21 heavy (non-hydrogen) atoms. The Bertz CT molecular complexity index is 382. The zero-order valence-electron chi connectivity index (χ0n) is 13.1. The molecular weight excluding hydrogens is 266 g/mol. The molecule has 0 aromatic heterocycles. The molecule has 1 rings (SSSR count). The summed E-state index contributed by atoms with van der Waals surface area (Å²) in [5.41, 5.74) is 1.22. The van der Waals surface area contributed by atoms with E-state index in [4.69, 9.17) is 9.47 Å². The minimum atomic E-state index is 0.675. The van der Waals surface area contributed by atoms with E-state index in [1.165, 1.54) is 5.56 Å². The van der Waals surface area contributed by atoms with Crippen molar-refractivity contribution in [2.45, 2.75) is 19.4 Å². The van der Waals surface area contributed by atoms with Gasteiger partial charge >= 0.3 is 0 Å². The Morgan fingerprint density at radius 1 is 1.05 bits per heavy atom. The summed E-state index contributed by atoms with van der Waals surface area (Å²) in [6.07, 6.45) is 2.09. The van der Waals surface area contributed by atoms with Crippen molar-refractivity contribution < 1.29 is 9.47 Å². The van der Waals surface area contributed by atoms with Crippen LogP contribution in [0.3, 0.4) is 0 Å². The molecular formula is C16H27N3O2. The molecule has 0 aliphatic carbocycles. The standard InChI is InChI=1S/C16H27N3O2/c1-17-16(19-11-13-20-2)18-10-6-7-12-21-14-15-8-4-3-5-9-15/h3-5,8-9H,6-7,10-14H2,1-2H3,(H2,17,18,19). The van der Waals surface area contributed by atoms with Crippen LogP contribution in [0, 0.1) is 0 Å². The lowest BCUT2D eigenvalue weighted by molar-refractivity contribution is 0.117. The fourth-order valence-corrected chi connectivity index (χ4v) is 1.79. The topological polar surface area (TPSA) is 54.9 Å². The molecule has 0 fully saturated rings. The van der Waals surface area contributed by atoms with Crippen molar-refractivity contribution in [3.05, 3.63) is 35.9 Å². The van der Waals surface area contributed by atoms with Gasteiger partial charge in [-0.1, -0.05) is 30.3 Å². The fraction of sp³-hybridized carbons (Fsp3) is 0.562. The van der Waals surface area contributed by atoms with Crippen LogP contribution in [-0.2, 0) is 16.1 Å². The number of hydrogen-bond acceptors (Lipinski definition) is 3. The molecule has 5 nitrogen and oxygen atoms in total. The predicted octanol–water partition coefficient (Wildman–Crippen LogP) is 1.79. The van der Waals surface area contributed by atoms with Gasteiger partial charge < -0.3 is 20.1 Å². The quantitative estimate of drug-likeness (QED) is 0.392. The Hall–Kier alpha value is -1.59. The molecule has 0 bridgehead atoms. The Kier molecular flexibility index (Phi) is 10.1. The molecule has 0 saturated carbocycles. The number of guanidine groups is 1. The minimum absolute atomic E-state index is 0.675. The highest BCUT2D eigenvalue weighted by molar-refractivity contribution is 5.79. The van der Waals surface area contributed by atoms with Crippen LogP contribution in [0.25, 0.3) is 0 Å². The number of nitrogens with one attached hydrogen (secondary N) is 2. The van der Waals surface area contributed by atoms with Crippen LogP contribution < -0.4 is 10.6 Å². The summed E-state index contributed by atoms with van der Waals surface area (Å²) in [5, 5.41) is 6.44. The highest BCUT2D eigenvalue weighted by atomic mass is 16.5. The molecule has 0 radical (unpaired) electrons. The van der Waals surface area contributed by atoms with Crippen molar-refractivity contribution in [1.29, 1.82) is 0 Å². The monoisotopic (exact) mass is 293 g/mol. The first-order chi connectivity index (χ1) is 10.4. The molecule has 0 heterocycles. The van der Waals surface area contributed by atoms with Crippen LogP contribution in [0.2, 0.25) is 0 Å². The molecule has 0 unspecified atom stereocenters. The van der Waals surface area contributed by atoms with E-state index in [-0.39, 0.29) is 0 Å². The van der Waals surface area contributed by atoms with Gasteiger partial charge in [0.2, 0.25) is 0 Å². The van der Waals surface area contributed by atoms with Crippen LogP contribution >= 0.6 is 0 Å². The number of rotatable bonds is 10. The molecule has 1 aromatic carbocycles. The largest absolute Gasteiger partial charge is 0.383 e. The van der Waals surface area contributed by atoms with Crippen LogP contribution in [0.5, 0.6) is 0 Å². The summed E-state index contributed by atoms with van der Waals surface area (Å²) in [4.78, 5) is 4.14. The molecule has 5 heteroatoms. The van der Waals surface area contributed by atoms with Crippen LogP contribution in [0.15, 0.2) is 35.3 Å². The second-order valence-electron chi connectivity index (χ2n) is 4.66. The van der Waals surface area contributed by atoms with E-state index in [0.717, 1.165) is 38.5 Å². The lowest BCUT2D eigenvalue weighted by Gasteiger charge is -2.11. The second-order valence-corrected chi connectivity index (χ2v) is 4.66. The van der Waals surface area contributed by atoms with Gasteiger partial charge in [0.25, 0.3) is 0 Å². The first kappa shape index (κ1) is 17.5. The minimum Gasteiger partial charge on any atom is -0.383 e. The van der Waals surface area contributed by atoms with Gasteiger partial charge in [-0.3, -0.25) is 4.99 Å². The summed E-state index contributed by atoms with van der Waals surface area (Å²) in [6, 6.07) is 10.2. The van der Waals surface area contributed by atoms with E-state index in [1.807, 2.05) is 18.2 Å². The van der Waals surface area contributed by atoms with Crippen LogP contribution in [0.1, 0.15) is 18.4 Å². The zero-order valence-corrected chi connectivity index (χ0v) is 13.1. The van der Waals surface area contributed by atoms with Gasteiger partial charge in [0.15, 0.2) is 5.96 Å². The average molecular weight is 293 g/mol. The number of methoxy groups -OCH3 is 1. The maximum Gasteiger partial charge on any atom is 0.191 e. The molecule has 0 atom stereocenters. The van der Waals surface area contributed by atoms with Crippen LogP contribution in [0.4, 0.5) is 0 Å². The summed E-state index contributed by atoms with van der Waals surface area (Å²) in [7, 11) is 3.46. The van der Waals surface area contributed by atoms with E-state index in [9.17, 15) is 0 Å². The van der Waals surface area contributed by atoms with Gasteiger partial charge in [0.1, 0.15) is 0 Å². The number of nitrogens with zero attached hydrogens (tertiary/aromatic N) is 1. The molecule has 0 aliphatic heterocycles. The molecule has 118 valence electrons. The van der Waals surface area contributed by atoms with E-state index in [2.05, 4.69) is 27.8 Å². The van der Waals surface area contributed by atoms with Crippen molar-refractivity contribution in [2.75, 3.05) is 40.5 Å². The number of aliphatic imine (C=N–C) groups is 1. The zero-order chi connectivity index (χ0) is 15.2. The van der Waals surface area contributed by atoms with Crippen molar-refractivity contribution in [2.24, 2.45) is 4.99 Å². The number of hydrogen-bond donors (Lipinski definition) is 2. The van der Waals surface area contributed by atoms with Gasteiger partial charge in [-0.15, -0.1) is 0 Å². The summed E-state index contributed by atoms with van der Waals surface area (Å²) < 4.78 is 10.6. The van der Waals surface area contributed by atoms with Crippen molar-refractivity contribution >= 4 is 5.96 Å². The Morgan fingerprint density at radius 2 is 1.81 bits per heavy atom. The normalized spacial score (nSPS) is 11.4. The first-order valence-corrected chi connectivity index (χ1v) is 7.42. The van der Waals surface area contributed by atoms with Gasteiger partial charge in [-0.25, -0.2) is 0 Å². The summed E-state index contributed by atoms with van der Waals surface area (Å²) in [6.45, 7) is 3.80. The lowest BCUT2D eigenvalue weighted by atomic mass is 10.2. The van der Waals surface area contributed by atoms with Gasteiger partial charge in [0, 0.05) is 33.9 Å². The Morgan fingerprint density at radius 3 is 2.52 bits per heavy atom. The van der Waals surface area contributed by atoms with Crippen LogP contribution in [-0.4, -0.2) is 46.4 Å². The summed E-state index contributed by atoms with van der Waals surface area (Å²) >= 11 is 0. The van der Waals surface area contributed by atoms with Gasteiger partial charge in [-0.05, 0) is 18.4 Å². The second kappa shape index (κ2) is 12.2. The third kappa shape index (κ3) is 9.05. The summed E-state index contributed by atoms with van der Waals surface area (Å²) in [5.74, 6) is 0.817. The van der Waals surface area contributed by atoms with Crippen molar-refractivity contribution in [1.82, 2.24) is 10.6 Å². The number of unbranched alkanes of at least 4 members (excludes halogenated alkanes) is 1. The highest BCUT2D eigenvalue weighted by Crippen LogP contribution is 2.01. The van der Waals surface area contributed by atoms with Crippen molar-refractivity contribution in [3.8, 4) is 0 Å². The maximum atomic E-state index is 5.64. The fourth-order valence-electron chi connectivity index (χ4n) is 1.79. The molecule has 1 aromatic rings. The maximum absolute atomic E-state index is 5.64. The molecule has 2 N–H and O–H groups in total. The highest BCUT2D eigenvalue weighted by Gasteiger charge is 1.96. The van der Waals surface area contributed by atoms with E-state index >= 15 is 0 Å². The smallest absolute Gasteiger partial charge is 0.191 e. The Balaban J connectivity index is 1.96. The molecule has 0 aliphatic rings.